The molecule has 1 fully saturated rings. The molecule has 1 aliphatic rings. The Morgan fingerprint density at radius 2 is 1.79 bits per heavy atom. The fraction of sp³-hybridized carbons (Fsp3) is 1.00. The van der Waals surface area contributed by atoms with Crippen molar-refractivity contribution in [2.24, 2.45) is 0 Å². The van der Waals surface area contributed by atoms with Gasteiger partial charge in [-0.2, -0.15) is 0 Å². The summed E-state index contributed by atoms with van der Waals surface area (Å²) >= 11 is 0. The first-order chi connectivity index (χ1) is 9.19. The molecule has 1 unspecified atom stereocenters. The normalized spacial score (nSPS) is 25.7. The van der Waals surface area contributed by atoms with Crippen LogP contribution in [0.3, 0.4) is 0 Å². The first-order valence-electron chi connectivity index (χ1n) is 8.20. The minimum atomic E-state index is 0.510. The lowest BCUT2D eigenvalue weighted by molar-refractivity contribution is 0.0612. The standard InChI is InChI=1S/C16H34N2O/c1-5-18(6-2)13-7-8-14(3)17-15-9-11-16(19-4)12-10-15/h14-17H,5-13H2,1-4H3. The van der Waals surface area contributed by atoms with Crippen LogP contribution in [-0.4, -0.2) is 49.8 Å². The van der Waals surface area contributed by atoms with Gasteiger partial charge in [0.1, 0.15) is 0 Å². The topological polar surface area (TPSA) is 24.5 Å². The van der Waals surface area contributed by atoms with E-state index >= 15 is 0 Å². The number of nitrogens with one attached hydrogen (secondary N) is 1. The molecule has 0 bridgehead atoms. The fourth-order valence-corrected chi connectivity index (χ4v) is 3.11. The molecule has 0 spiro atoms. The van der Waals surface area contributed by atoms with E-state index in [4.69, 9.17) is 4.74 Å². The maximum Gasteiger partial charge on any atom is 0.0572 e. The van der Waals surface area contributed by atoms with Gasteiger partial charge in [-0.25, -0.2) is 0 Å². The van der Waals surface area contributed by atoms with Crippen LogP contribution < -0.4 is 5.32 Å². The molecule has 0 amide bonds. The Hall–Kier alpha value is -0.120. The quantitative estimate of drug-likeness (QED) is 0.697. The summed E-state index contributed by atoms with van der Waals surface area (Å²) in [7, 11) is 1.84. The zero-order chi connectivity index (χ0) is 14.1. The summed E-state index contributed by atoms with van der Waals surface area (Å²) in [5.74, 6) is 0. The van der Waals surface area contributed by atoms with E-state index in [0.29, 0.717) is 12.1 Å². The minimum absolute atomic E-state index is 0.510. The van der Waals surface area contributed by atoms with Crippen LogP contribution in [-0.2, 0) is 4.74 Å². The summed E-state index contributed by atoms with van der Waals surface area (Å²) < 4.78 is 5.43. The lowest BCUT2D eigenvalue weighted by atomic mass is 9.92. The van der Waals surface area contributed by atoms with E-state index in [1.54, 1.807) is 0 Å². The molecule has 1 rings (SSSR count). The number of ether oxygens (including phenoxy) is 1. The Kier molecular flexibility index (Phi) is 8.67. The highest BCUT2D eigenvalue weighted by atomic mass is 16.5. The number of hydrogen-bond donors (Lipinski definition) is 1. The Balaban J connectivity index is 2.09. The van der Waals surface area contributed by atoms with Crippen molar-refractivity contribution in [3.05, 3.63) is 0 Å². The van der Waals surface area contributed by atoms with Gasteiger partial charge in [0.15, 0.2) is 0 Å². The Labute approximate surface area is 120 Å². The molecule has 1 N–H and O–H groups in total. The van der Waals surface area contributed by atoms with Crippen LogP contribution in [0.2, 0.25) is 0 Å². The summed E-state index contributed by atoms with van der Waals surface area (Å²) in [6.07, 6.45) is 8.11. The molecular weight excluding hydrogens is 236 g/mol. The van der Waals surface area contributed by atoms with Crippen molar-refractivity contribution in [1.82, 2.24) is 10.2 Å². The average molecular weight is 270 g/mol. The molecule has 0 aromatic carbocycles. The molecule has 0 saturated heterocycles. The third kappa shape index (κ3) is 6.73. The van der Waals surface area contributed by atoms with Crippen molar-refractivity contribution >= 4 is 0 Å². The molecular formula is C16H34N2O. The van der Waals surface area contributed by atoms with Gasteiger partial charge in [0.2, 0.25) is 0 Å². The van der Waals surface area contributed by atoms with Gasteiger partial charge in [-0.1, -0.05) is 13.8 Å². The minimum Gasteiger partial charge on any atom is -0.381 e. The maximum atomic E-state index is 5.43. The van der Waals surface area contributed by atoms with Crippen molar-refractivity contribution in [2.45, 2.75) is 77.5 Å². The summed E-state index contributed by atoms with van der Waals surface area (Å²) in [6.45, 7) is 10.4. The number of rotatable bonds is 9. The van der Waals surface area contributed by atoms with Crippen molar-refractivity contribution in [3.63, 3.8) is 0 Å². The molecule has 1 aliphatic carbocycles. The predicted octanol–water partition coefficient (Wildman–Crippen LogP) is 3.04. The Morgan fingerprint density at radius 3 is 2.32 bits per heavy atom. The number of hydrogen-bond acceptors (Lipinski definition) is 3. The van der Waals surface area contributed by atoms with E-state index in [1.165, 1.54) is 58.2 Å². The van der Waals surface area contributed by atoms with Gasteiger partial charge in [0.25, 0.3) is 0 Å². The highest BCUT2D eigenvalue weighted by molar-refractivity contribution is 4.79. The Morgan fingerprint density at radius 1 is 1.16 bits per heavy atom. The monoisotopic (exact) mass is 270 g/mol. The van der Waals surface area contributed by atoms with E-state index in [1.807, 2.05) is 7.11 Å². The zero-order valence-corrected chi connectivity index (χ0v) is 13.5. The van der Waals surface area contributed by atoms with Crippen LogP contribution in [0.5, 0.6) is 0 Å². The second-order valence-electron chi connectivity index (χ2n) is 5.95. The van der Waals surface area contributed by atoms with Crippen molar-refractivity contribution in [3.8, 4) is 0 Å². The van der Waals surface area contributed by atoms with Gasteiger partial charge in [-0.05, 0) is 65.1 Å². The van der Waals surface area contributed by atoms with Crippen LogP contribution in [0.25, 0.3) is 0 Å². The lowest BCUT2D eigenvalue weighted by Crippen LogP contribution is -2.40. The lowest BCUT2D eigenvalue weighted by Gasteiger charge is -2.30. The third-order valence-electron chi connectivity index (χ3n) is 4.53. The van der Waals surface area contributed by atoms with E-state index in [2.05, 4.69) is 31.0 Å². The SMILES string of the molecule is CCN(CC)CCCC(C)NC1CCC(OC)CC1. The Bertz CT molecular complexity index is 211. The van der Waals surface area contributed by atoms with Crippen molar-refractivity contribution in [1.29, 1.82) is 0 Å². The molecule has 19 heavy (non-hydrogen) atoms. The molecule has 3 heteroatoms. The van der Waals surface area contributed by atoms with Crippen molar-refractivity contribution < 1.29 is 4.74 Å². The average Bonchev–Trinajstić information content (AvgIpc) is 2.44. The van der Waals surface area contributed by atoms with Crippen LogP contribution in [0.4, 0.5) is 0 Å². The van der Waals surface area contributed by atoms with Gasteiger partial charge < -0.3 is 15.0 Å². The molecule has 0 radical (unpaired) electrons. The van der Waals surface area contributed by atoms with E-state index in [0.717, 1.165) is 6.04 Å². The van der Waals surface area contributed by atoms with E-state index < -0.39 is 0 Å². The third-order valence-corrected chi connectivity index (χ3v) is 4.53. The van der Waals surface area contributed by atoms with Crippen molar-refractivity contribution in [2.75, 3.05) is 26.7 Å². The van der Waals surface area contributed by atoms with E-state index in [9.17, 15) is 0 Å². The van der Waals surface area contributed by atoms with Gasteiger partial charge in [-0.3, -0.25) is 0 Å². The summed E-state index contributed by atoms with van der Waals surface area (Å²) in [4.78, 5) is 2.51. The molecule has 114 valence electrons. The first kappa shape index (κ1) is 16.9. The second kappa shape index (κ2) is 9.73. The van der Waals surface area contributed by atoms with Crippen LogP contribution in [0, 0.1) is 0 Å². The van der Waals surface area contributed by atoms with Crippen LogP contribution >= 0.6 is 0 Å². The fourth-order valence-electron chi connectivity index (χ4n) is 3.11. The predicted molar refractivity (Wildman–Crippen MR) is 82.7 cm³/mol. The van der Waals surface area contributed by atoms with Crippen LogP contribution in [0.15, 0.2) is 0 Å². The number of methoxy groups -OCH3 is 1. The maximum absolute atomic E-state index is 5.43. The molecule has 0 heterocycles. The van der Waals surface area contributed by atoms with Gasteiger partial charge in [0, 0.05) is 19.2 Å². The first-order valence-corrected chi connectivity index (χ1v) is 8.20. The number of nitrogens with zero attached hydrogens (tertiary/aromatic N) is 1. The molecule has 1 saturated carbocycles. The highest BCUT2D eigenvalue weighted by Crippen LogP contribution is 2.21. The van der Waals surface area contributed by atoms with Crippen LogP contribution in [0.1, 0.15) is 59.3 Å². The molecule has 3 nitrogen and oxygen atoms in total. The van der Waals surface area contributed by atoms with Gasteiger partial charge in [-0.15, -0.1) is 0 Å². The largest absolute Gasteiger partial charge is 0.381 e. The molecule has 0 aromatic heterocycles. The second-order valence-corrected chi connectivity index (χ2v) is 5.95. The van der Waals surface area contributed by atoms with Gasteiger partial charge in [0.05, 0.1) is 6.10 Å². The molecule has 0 aromatic rings. The van der Waals surface area contributed by atoms with Gasteiger partial charge >= 0.3 is 0 Å². The summed E-state index contributed by atoms with van der Waals surface area (Å²) in [5, 5.41) is 3.80. The molecule has 0 aliphatic heterocycles. The highest BCUT2D eigenvalue weighted by Gasteiger charge is 2.21. The molecule has 1 atom stereocenters. The summed E-state index contributed by atoms with van der Waals surface area (Å²) in [6, 6.07) is 1.37. The van der Waals surface area contributed by atoms with E-state index in [-0.39, 0.29) is 0 Å². The summed E-state index contributed by atoms with van der Waals surface area (Å²) in [5.41, 5.74) is 0. The zero-order valence-electron chi connectivity index (χ0n) is 13.5. The smallest absolute Gasteiger partial charge is 0.0572 e.